The molecule has 0 amide bonds. The first-order valence-corrected chi connectivity index (χ1v) is 6.61. The molecule has 0 saturated heterocycles. The molecule has 0 bridgehead atoms. The first-order valence-electron chi connectivity index (χ1n) is 6.61. The van der Waals surface area contributed by atoms with Crippen molar-refractivity contribution in [3.05, 3.63) is 17.9 Å². The minimum absolute atomic E-state index is 0.105. The van der Waals surface area contributed by atoms with Gasteiger partial charge in [0.1, 0.15) is 0 Å². The van der Waals surface area contributed by atoms with Gasteiger partial charge in [-0.2, -0.15) is 0 Å². The van der Waals surface area contributed by atoms with Crippen molar-refractivity contribution in [2.75, 3.05) is 31.3 Å². The van der Waals surface area contributed by atoms with Gasteiger partial charge in [0, 0.05) is 25.8 Å². The van der Waals surface area contributed by atoms with Crippen LogP contribution in [0.4, 0.5) is 15.8 Å². The van der Waals surface area contributed by atoms with E-state index in [1.807, 2.05) is 6.92 Å². The fourth-order valence-corrected chi connectivity index (χ4v) is 2.27. The fourth-order valence-electron chi connectivity index (χ4n) is 2.27. The van der Waals surface area contributed by atoms with E-state index in [1.165, 1.54) is 12.5 Å². The second-order valence-electron chi connectivity index (χ2n) is 4.90. The van der Waals surface area contributed by atoms with Gasteiger partial charge in [0.25, 0.3) is 0 Å². The van der Waals surface area contributed by atoms with Gasteiger partial charge in [-0.05, 0) is 26.2 Å². The van der Waals surface area contributed by atoms with Gasteiger partial charge in [0.15, 0.2) is 11.6 Å². The van der Waals surface area contributed by atoms with Gasteiger partial charge in [-0.25, -0.2) is 4.39 Å². The summed E-state index contributed by atoms with van der Waals surface area (Å²) in [7, 11) is 1.72. The third-order valence-electron chi connectivity index (χ3n) is 3.70. The first kappa shape index (κ1) is 13.9. The fraction of sp³-hybridized carbons (Fsp3) is 0.571. The van der Waals surface area contributed by atoms with Crippen molar-refractivity contribution in [1.82, 2.24) is 0 Å². The van der Waals surface area contributed by atoms with Gasteiger partial charge >= 0.3 is 0 Å². The molecule has 0 aromatic heterocycles. The Balaban J connectivity index is 2.08. The van der Waals surface area contributed by atoms with E-state index in [4.69, 9.17) is 15.2 Å². The lowest BCUT2D eigenvalue weighted by Gasteiger charge is -2.40. The van der Waals surface area contributed by atoms with E-state index in [0.29, 0.717) is 24.5 Å². The zero-order chi connectivity index (χ0) is 13.9. The summed E-state index contributed by atoms with van der Waals surface area (Å²) in [6, 6.07) is 2.89. The standard InChI is InChI=1S/C14H21FN2O2/c1-3-19-13-8-12(11(16)7-10(13)15)17-9-14(18-2)5-4-6-14/h7-8,17H,3-6,9,16H2,1-2H3. The summed E-state index contributed by atoms with van der Waals surface area (Å²) in [6.45, 7) is 2.91. The lowest BCUT2D eigenvalue weighted by Crippen LogP contribution is -2.45. The van der Waals surface area contributed by atoms with Crippen LogP contribution in [0, 0.1) is 5.82 Å². The lowest BCUT2D eigenvalue weighted by molar-refractivity contribution is -0.0601. The highest BCUT2D eigenvalue weighted by Crippen LogP contribution is 2.36. The average Bonchev–Trinajstić information content (AvgIpc) is 2.33. The van der Waals surface area contributed by atoms with E-state index in [-0.39, 0.29) is 11.4 Å². The van der Waals surface area contributed by atoms with Crippen molar-refractivity contribution in [2.45, 2.75) is 31.8 Å². The first-order chi connectivity index (χ1) is 9.10. The predicted molar refractivity (Wildman–Crippen MR) is 74.1 cm³/mol. The topological polar surface area (TPSA) is 56.5 Å². The third kappa shape index (κ3) is 2.92. The van der Waals surface area contributed by atoms with E-state index < -0.39 is 5.82 Å². The van der Waals surface area contributed by atoms with E-state index in [1.54, 1.807) is 13.2 Å². The van der Waals surface area contributed by atoms with Crippen LogP contribution in [0.15, 0.2) is 12.1 Å². The van der Waals surface area contributed by atoms with Crippen LogP contribution in [0.5, 0.6) is 5.75 Å². The number of halogens is 1. The van der Waals surface area contributed by atoms with Crippen molar-refractivity contribution in [2.24, 2.45) is 0 Å². The molecule has 106 valence electrons. The van der Waals surface area contributed by atoms with Crippen LogP contribution in [0.25, 0.3) is 0 Å². The van der Waals surface area contributed by atoms with Gasteiger partial charge in [0.05, 0.1) is 23.6 Å². The number of nitrogens with one attached hydrogen (secondary N) is 1. The number of anilines is 2. The van der Waals surface area contributed by atoms with Gasteiger partial charge in [-0.15, -0.1) is 0 Å². The maximum absolute atomic E-state index is 13.6. The number of methoxy groups -OCH3 is 1. The summed E-state index contributed by atoms with van der Waals surface area (Å²) in [5.74, 6) is -0.214. The molecular formula is C14H21FN2O2. The van der Waals surface area contributed by atoms with Crippen LogP contribution in [0.2, 0.25) is 0 Å². The Labute approximate surface area is 113 Å². The zero-order valence-electron chi connectivity index (χ0n) is 11.5. The number of hydrogen-bond acceptors (Lipinski definition) is 4. The highest BCUT2D eigenvalue weighted by Gasteiger charge is 2.36. The molecule has 0 heterocycles. The molecular weight excluding hydrogens is 247 g/mol. The molecule has 5 heteroatoms. The van der Waals surface area contributed by atoms with Crippen LogP contribution < -0.4 is 15.8 Å². The minimum atomic E-state index is -0.435. The van der Waals surface area contributed by atoms with Gasteiger partial charge < -0.3 is 20.5 Å². The SMILES string of the molecule is CCOc1cc(NCC2(OC)CCC2)c(N)cc1F. The van der Waals surface area contributed by atoms with Crippen LogP contribution in [-0.2, 0) is 4.74 Å². The normalized spacial score (nSPS) is 16.8. The van der Waals surface area contributed by atoms with Gasteiger partial charge in [-0.1, -0.05) is 0 Å². The molecule has 1 aliphatic carbocycles. The number of ether oxygens (including phenoxy) is 2. The van der Waals surface area contributed by atoms with Crippen LogP contribution in [0.1, 0.15) is 26.2 Å². The molecule has 0 spiro atoms. The van der Waals surface area contributed by atoms with E-state index >= 15 is 0 Å². The summed E-state index contributed by atoms with van der Waals surface area (Å²) in [6.07, 6.45) is 3.25. The number of nitrogens with two attached hydrogens (primary N) is 1. The zero-order valence-corrected chi connectivity index (χ0v) is 11.5. The Bertz CT molecular complexity index is 442. The van der Waals surface area contributed by atoms with Gasteiger partial charge in [-0.3, -0.25) is 0 Å². The largest absolute Gasteiger partial charge is 0.491 e. The molecule has 3 N–H and O–H groups in total. The van der Waals surface area contributed by atoms with Gasteiger partial charge in [0.2, 0.25) is 0 Å². The van der Waals surface area contributed by atoms with Crippen LogP contribution in [-0.4, -0.2) is 25.9 Å². The number of nitrogen functional groups attached to an aromatic ring is 1. The lowest BCUT2D eigenvalue weighted by atomic mass is 9.80. The molecule has 1 saturated carbocycles. The Morgan fingerprint density at radius 2 is 2.16 bits per heavy atom. The van der Waals surface area contributed by atoms with E-state index in [9.17, 15) is 4.39 Å². The van der Waals surface area contributed by atoms with Crippen molar-refractivity contribution in [3.8, 4) is 5.75 Å². The summed E-state index contributed by atoms with van der Waals surface area (Å²) >= 11 is 0. The second kappa shape index (κ2) is 5.65. The third-order valence-corrected chi connectivity index (χ3v) is 3.70. The molecule has 1 aromatic carbocycles. The van der Waals surface area contributed by atoms with Crippen molar-refractivity contribution < 1.29 is 13.9 Å². The summed E-state index contributed by atoms with van der Waals surface area (Å²) < 4.78 is 24.3. The summed E-state index contributed by atoms with van der Waals surface area (Å²) in [4.78, 5) is 0. The Morgan fingerprint density at radius 3 is 2.68 bits per heavy atom. The molecule has 0 unspecified atom stereocenters. The highest BCUT2D eigenvalue weighted by molar-refractivity contribution is 5.68. The van der Waals surface area contributed by atoms with Crippen LogP contribution in [0.3, 0.4) is 0 Å². The average molecular weight is 268 g/mol. The highest BCUT2D eigenvalue weighted by atomic mass is 19.1. The smallest absolute Gasteiger partial charge is 0.167 e. The monoisotopic (exact) mass is 268 g/mol. The number of rotatable bonds is 6. The van der Waals surface area contributed by atoms with Crippen molar-refractivity contribution in [3.63, 3.8) is 0 Å². The van der Waals surface area contributed by atoms with Crippen molar-refractivity contribution in [1.29, 1.82) is 0 Å². The van der Waals surface area contributed by atoms with Crippen LogP contribution >= 0.6 is 0 Å². The van der Waals surface area contributed by atoms with E-state index in [0.717, 1.165) is 12.8 Å². The minimum Gasteiger partial charge on any atom is -0.491 e. The Hall–Kier alpha value is -1.49. The molecule has 1 aliphatic rings. The molecule has 2 rings (SSSR count). The maximum atomic E-state index is 13.6. The molecule has 4 nitrogen and oxygen atoms in total. The quantitative estimate of drug-likeness (QED) is 0.779. The molecule has 0 atom stereocenters. The Kier molecular flexibility index (Phi) is 4.14. The molecule has 0 aliphatic heterocycles. The molecule has 19 heavy (non-hydrogen) atoms. The Morgan fingerprint density at radius 1 is 1.42 bits per heavy atom. The second-order valence-corrected chi connectivity index (χ2v) is 4.90. The molecule has 1 aromatic rings. The summed E-state index contributed by atoms with van der Waals surface area (Å²) in [5.41, 5.74) is 6.78. The van der Waals surface area contributed by atoms with E-state index in [2.05, 4.69) is 5.32 Å². The number of hydrogen-bond donors (Lipinski definition) is 2. The summed E-state index contributed by atoms with van der Waals surface area (Å²) in [5, 5.41) is 3.24. The molecule has 0 radical (unpaired) electrons. The van der Waals surface area contributed by atoms with Crippen molar-refractivity contribution >= 4 is 11.4 Å². The predicted octanol–water partition coefficient (Wildman–Crippen LogP) is 2.79. The molecule has 1 fully saturated rings. The number of benzene rings is 1. The maximum Gasteiger partial charge on any atom is 0.167 e.